The number of hydrogen-bond acceptors (Lipinski definition) is 3. The summed E-state index contributed by atoms with van der Waals surface area (Å²) in [6.07, 6.45) is 4.84. The number of rotatable bonds is 5. The molecule has 2 fully saturated rings. The smallest absolute Gasteiger partial charge is 0.321 e. The van der Waals surface area contributed by atoms with Crippen LogP contribution in [-0.4, -0.2) is 49.8 Å². The lowest BCUT2D eigenvalue weighted by atomic mass is 10.2. The van der Waals surface area contributed by atoms with Crippen molar-refractivity contribution >= 4 is 17.4 Å². The fraction of sp³-hybridized carbons (Fsp3) is 0.611. The molecule has 2 aliphatic heterocycles. The van der Waals surface area contributed by atoms with Crippen LogP contribution in [0.1, 0.15) is 32.6 Å². The largest absolute Gasteiger partial charge is 0.376 e. The van der Waals surface area contributed by atoms with Crippen LogP contribution in [0, 0.1) is 0 Å². The van der Waals surface area contributed by atoms with Crippen LogP contribution in [0.25, 0.3) is 0 Å². The van der Waals surface area contributed by atoms with Crippen LogP contribution in [0.2, 0.25) is 0 Å². The molecule has 2 amide bonds. The number of anilines is 2. The lowest BCUT2D eigenvalue weighted by Gasteiger charge is -2.25. The molecular formula is C18H27N3O2. The molecule has 23 heavy (non-hydrogen) atoms. The molecule has 126 valence electrons. The number of amides is 2. The van der Waals surface area contributed by atoms with E-state index in [0.29, 0.717) is 13.1 Å². The summed E-state index contributed by atoms with van der Waals surface area (Å²) >= 11 is 0. The van der Waals surface area contributed by atoms with Gasteiger partial charge in [-0.15, -0.1) is 0 Å². The molecule has 5 nitrogen and oxygen atoms in total. The molecule has 0 aromatic heterocycles. The first-order valence-electron chi connectivity index (χ1n) is 8.79. The van der Waals surface area contributed by atoms with Gasteiger partial charge >= 0.3 is 6.03 Å². The van der Waals surface area contributed by atoms with Gasteiger partial charge in [-0.25, -0.2) is 4.79 Å². The number of carbonyl (C=O) groups is 1. The van der Waals surface area contributed by atoms with Gasteiger partial charge in [0.2, 0.25) is 0 Å². The van der Waals surface area contributed by atoms with Gasteiger partial charge in [-0.05, 0) is 50.8 Å². The molecule has 1 aromatic rings. The van der Waals surface area contributed by atoms with Gasteiger partial charge in [-0.3, -0.25) is 0 Å². The van der Waals surface area contributed by atoms with Crippen molar-refractivity contribution in [2.24, 2.45) is 0 Å². The Morgan fingerprint density at radius 2 is 2.17 bits per heavy atom. The predicted octanol–water partition coefficient (Wildman–Crippen LogP) is 3.32. The number of urea groups is 1. The van der Waals surface area contributed by atoms with E-state index < -0.39 is 0 Å². The standard InChI is InChI=1S/C18H27N3O2/c1-2-20(14-17-9-6-12-23-17)18(22)19-15-7-5-8-16(13-15)21-10-3-4-11-21/h5,7-8,13,17H,2-4,6,9-12,14H2,1H3,(H,19,22). The second-order valence-electron chi connectivity index (χ2n) is 6.35. The highest BCUT2D eigenvalue weighted by Gasteiger charge is 2.21. The maximum Gasteiger partial charge on any atom is 0.321 e. The molecule has 0 spiro atoms. The van der Waals surface area contributed by atoms with E-state index in [1.807, 2.05) is 24.0 Å². The minimum atomic E-state index is -0.0402. The molecule has 2 heterocycles. The van der Waals surface area contributed by atoms with Crippen LogP contribution in [0.3, 0.4) is 0 Å². The number of nitrogens with one attached hydrogen (secondary N) is 1. The Labute approximate surface area is 138 Å². The second kappa shape index (κ2) is 7.68. The Bertz CT molecular complexity index is 523. The van der Waals surface area contributed by atoms with E-state index in [1.54, 1.807) is 0 Å². The monoisotopic (exact) mass is 317 g/mol. The normalized spacial score (nSPS) is 20.7. The molecule has 1 N–H and O–H groups in total. The zero-order chi connectivity index (χ0) is 16.1. The first-order valence-corrected chi connectivity index (χ1v) is 8.79. The van der Waals surface area contributed by atoms with E-state index >= 15 is 0 Å². The highest BCUT2D eigenvalue weighted by atomic mass is 16.5. The number of carbonyl (C=O) groups excluding carboxylic acids is 1. The van der Waals surface area contributed by atoms with Crippen LogP contribution in [0.5, 0.6) is 0 Å². The maximum atomic E-state index is 12.5. The highest BCUT2D eigenvalue weighted by molar-refractivity contribution is 5.90. The fourth-order valence-corrected chi connectivity index (χ4v) is 3.35. The summed E-state index contributed by atoms with van der Waals surface area (Å²) < 4.78 is 5.64. The summed E-state index contributed by atoms with van der Waals surface area (Å²) in [5.41, 5.74) is 2.06. The summed E-state index contributed by atoms with van der Waals surface area (Å²) in [6.45, 7) is 6.41. The first-order chi connectivity index (χ1) is 11.3. The molecule has 0 radical (unpaired) electrons. The molecule has 1 unspecified atom stereocenters. The fourth-order valence-electron chi connectivity index (χ4n) is 3.35. The van der Waals surface area contributed by atoms with Crippen LogP contribution >= 0.6 is 0 Å². The highest BCUT2D eigenvalue weighted by Crippen LogP contribution is 2.23. The van der Waals surface area contributed by atoms with Crippen molar-refractivity contribution in [3.05, 3.63) is 24.3 Å². The van der Waals surface area contributed by atoms with E-state index in [9.17, 15) is 4.79 Å². The van der Waals surface area contributed by atoms with Gasteiger partial charge in [0, 0.05) is 44.2 Å². The van der Waals surface area contributed by atoms with Gasteiger partial charge in [0.1, 0.15) is 0 Å². The maximum absolute atomic E-state index is 12.5. The number of ether oxygens (including phenoxy) is 1. The van der Waals surface area contributed by atoms with Gasteiger partial charge in [-0.2, -0.15) is 0 Å². The molecule has 5 heteroatoms. The van der Waals surface area contributed by atoms with Gasteiger partial charge < -0.3 is 19.9 Å². The van der Waals surface area contributed by atoms with Crippen LogP contribution in [0.15, 0.2) is 24.3 Å². The van der Waals surface area contributed by atoms with E-state index in [2.05, 4.69) is 22.3 Å². The number of hydrogen-bond donors (Lipinski definition) is 1. The van der Waals surface area contributed by atoms with Gasteiger partial charge in [-0.1, -0.05) is 6.07 Å². The number of benzene rings is 1. The van der Waals surface area contributed by atoms with Crippen LogP contribution in [-0.2, 0) is 4.74 Å². The van der Waals surface area contributed by atoms with Gasteiger partial charge in [0.15, 0.2) is 0 Å². The minimum Gasteiger partial charge on any atom is -0.376 e. The summed E-state index contributed by atoms with van der Waals surface area (Å²) in [7, 11) is 0. The molecule has 2 aliphatic rings. The Morgan fingerprint density at radius 1 is 1.35 bits per heavy atom. The zero-order valence-electron chi connectivity index (χ0n) is 14.0. The Kier molecular flexibility index (Phi) is 5.39. The van der Waals surface area contributed by atoms with E-state index in [1.165, 1.54) is 18.5 Å². The lowest BCUT2D eigenvalue weighted by molar-refractivity contribution is 0.0849. The zero-order valence-corrected chi connectivity index (χ0v) is 14.0. The van der Waals surface area contributed by atoms with Crippen molar-refractivity contribution in [3.8, 4) is 0 Å². The second-order valence-corrected chi connectivity index (χ2v) is 6.35. The van der Waals surface area contributed by atoms with Crippen molar-refractivity contribution in [2.75, 3.05) is 43.0 Å². The van der Waals surface area contributed by atoms with Crippen molar-refractivity contribution in [3.63, 3.8) is 0 Å². The Balaban J connectivity index is 1.60. The predicted molar refractivity (Wildman–Crippen MR) is 93.1 cm³/mol. The lowest BCUT2D eigenvalue weighted by Crippen LogP contribution is -2.40. The third-order valence-electron chi connectivity index (χ3n) is 4.69. The van der Waals surface area contributed by atoms with Crippen LogP contribution < -0.4 is 10.2 Å². The van der Waals surface area contributed by atoms with Gasteiger partial charge in [0.25, 0.3) is 0 Å². The number of nitrogens with zero attached hydrogens (tertiary/aromatic N) is 2. The molecule has 2 saturated heterocycles. The summed E-state index contributed by atoms with van der Waals surface area (Å²) in [4.78, 5) is 16.7. The molecular weight excluding hydrogens is 290 g/mol. The Morgan fingerprint density at radius 3 is 2.87 bits per heavy atom. The number of likely N-dealkylation sites (N-methyl/N-ethyl adjacent to an activating group) is 1. The molecule has 3 rings (SSSR count). The summed E-state index contributed by atoms with van der Waals surface area (Å²) in [5, 5.41) is 3.04. The third kappa shape index (κ3) is 4.16. The van der Waals surface area contributed by atoms with Gasteiger partial charge in [0.05, 0.1) is 6.10 Å². The molecule has 1 aromatic carbocycles. The molecule has 0 bridgehead atoms. The quantitative estimate of drug-likeness (QED) is 0.906. The van der Waals surface area contributed by atoms with Crippen molar-refractivity contribution < 1.29 is 9.53 Å². The average molecular weight is 317 g/mol. The summed E-state index contributed by atoms with van der Waals surface area (Å²) in [5.74, 6) is 0. The molecule has 0 aliphatic carbocycles. The third-order valence-corrected chi connectivity index (χ3v) is 4.69. The average Bonchev–Trinajstić information content (AvgIpc) is 3.26. The first kappa shape index (κ1) is 16.1. The minimum absolute atomic E-state index is 0.0402. The topological polar surface area (TPSA) is 44.8 Å². The van der Waals surface area contributed by atoms with E-state index in [4.69, 9.17) is 4.74 Å². The molecule has 0 saturated carbocycles. The SMILES string of the molecule is CCN(CC1CCCO1)C(=O)Nc1cccc(N2CCCC2)c1. The summed E-state index contributed by atoms with van der Waals surface area (Å²) in [6, 6.07) is 8.12. The van der Waals surface area contributed by atoms with Crippen LogP contribution in [0.4, 0.5) is 16.2 Å². The Hall–Kier alpha value is -1.75. The van der Waals surface area contributed by atoms with E-state index in [-0.39, 0.29) is 12.1 Å². The van der Waals surface area contributed by atoms with Crippen molar-refractivity contribution in [2.45, 2.75) is 38.7 Å². The molecule has 1 atom stereocenters. The van der Waals surface area contributed by atoms with Crippen molar-refractivity contribution in [1.29, 1.82) is 0 Å². The van der Waals surface area contributed by atoms with Crippen molar-refractivity contribution in [1.82, 2.24) is 4.90 Å². The van der Waals surface area contributed by atoms with E-state index in [0.717, 1.165) is 38.2 Å².